The number of benzene rings is 1. The van der Waals surface area contributed by atoms with Gasteiger partial charge in [-0.2, -0.15) is 5.06 Å². The van der Waals surface area contributed by atoms with Crippen molar-refractivity contribution < 1.29 is 9.63 Å². The van der Waals surface area contributed by atoms with Crippen LogP contribution in [0.25, 0.3) is 0 Å². The Kier molecular flexibility index (Phi) is 2.29. The van der Waals surface area contributed by atoms with Crippen LogP contribution >= 0.6 is 0 Å². The van der Waals surface area contributed by atoms with Crippen LogP contribution in [-0.4, -0.2) is 28.6 Å². The average Bonchev–Trinajstić information content (AvgIpc) is 2.89. The molecule has 4 heteroatoms. The summed E-state index contributed by atoms with van der Waals surface area (Å²) in [5.41, 5.74) is 1.08. The third-order valence-electron chi connectivity index (χ3n) is 2.98. The molecule has 2 bridgehead atoms. The van der Waals surface area contributed by atoms with Crippen molar-refractivity contribution in [2.24, 2.45) is 0 Å². The molecule has 0 aliphatic carbocycles. The predicted molar refractivity (Wildman–Crippen MR) is 57.9 cm³/mol. The van der Waals surface area contributed by atoms with E-state index in [1.807, 2.05) is 36.9 Å². The minimum absolute atomic E-state index is 0.0350. The molecule has 2 heterocycles. The van der Waals surface area contributed by atoms with Crippen molar-refractivity contribution in [2.75, 3.05) is 6.54 Å². The van der Waals surface area contributed by atoms with Gasteiger partial charge in [0.25, 0.3) is 0 Å². The number of rotatable bonds is 3. The Morgan fingerprint density at radius 2 is 2.12 bits per heavy atom. The van der Waals surface area contributed by atoms with Crippen molar-refractivity contribution in [3.05, 3.63) is 42.4 Å². The van der Waals surface area contributed by atoms with Crippen LogP contribution < -0.4 is 0 Å². The highest BCUT2D eigenvalue weighted by Crippen LogP contribution is 2.29. The molecule has 4 nitrogen and oxygen atoms in total. The summed E-state index contributed by atoms with van der Waals surface area (Å²) in [5, 5.41) is 1.51. The zero-order valence-electron chi connectivity index (χ0n) is 8.87. The first-order valence-electron chi connectivity index (χ1n) is 5.44. The van der Waals surface area contributed by atoms with Crippen LogP contribution in [0, 0.1) is 6.54 Å². The van der Waals surface area contributed by atoms with Crippen LogP contribution in [0.2, 0.25) is 0 Å². The maximum atomic E-state index is 11.7. The minimum atomic E-state index is -0.0350. The zero-order valence-corrected chi connectivity index (χ0v) is 8.87. The SMILES string of the molecule is O=C1N2[CH]C[C@H](C2)N1OCc1ccccc1. The molecule has 1 aromatic rings. The van der Waals surface area contributed by atoms with Crippen LogP contribution in [0.5, 0.6) is 0 Å². The van der Waals surface area contributed by atoms with Gasteiger partial charge in [0.05, 0.1) is 12.6 Å². The molecule has 1 atom stereocenters. The largest absolute Gasteiger partial charge is 0.344 e. The summed E-state index contributed by atoms with van der Waals surface area (Å²) in [7, 11) is 0. The third kappa shape index (κ3) is 1.55. The Balaban J connectivity index is 1.62. The normalized spacial score (nSPS) is 23.2. The van der Waals surface area contributed by atoms with E-state index in [9.17, 15) is 4.79 Å². The lowest BCUT2D eigenvalue weighted by molar-refractivity contribution is -0.143. The van der Waals surface area contributed by atoms with Gasteiger partial charge in [-0.05, 0) is 12.0 Å². The van der Waals surface area contributed by atoms with E-state index in [4.69, 9.17) is 4.84 Å². The Labute approximate surface area is 94.4 Å². The van der Waals surface area contributed by atoms with Gasteiger partial charge >= 0.3 is 6.03 Å². The fourth-order valence-corrected chi connectivity index (χ4v) is 2.11. The number of fused-ring (bicyclic) bond motifs is 2. The van der Waals surface area contributed by atoms with E-state index >= 15 is 0 Å². The Hall–Kier alpha value is -1.55. The molecule has 83 valence electrons. The van der Waals surface area contributed by atoms with Crippen molar-refractivity contribution in [2.45, 2.75) is 19.1 Å². The first-order chi connectivity index (χ1) is 7.84. The molecule has 0 N–H and O–H groups in total. The molecule has 0 unspecified atom stereocenters. The molecule has 2 aliphatic rings. The third-order valence-corrected chi connectivity index (χ3v) is 2.98. The summed E-state index contributed by atoms with van der Waals surface area (Å²) in [6, 6.07) is 10.1. The molecule has 2 amide bonds. The van der Waals surface area contributed by atoms with E-state index in [0.29, 0.717) is 6.61 Å². The van der Waals surface area contributed by atoms with E-state index in [2.05, 4.69) is 0 Å². The molecule has 1 aromatic carbocycles. The molecule has 1 radical (unpaired) electrons. The van der Waals surface area contributed by atoms with Crippen LogP contribution in [0.4, 0.5) is 4.79 Å². The Bertz CT molecular complexity index is 393. The number of urea groups is 1. The fraction of sp³-hybridized carbons (Fsp3) is 0.333. The van der Waals surface area contributed by atoms with Gasteiger partial charge in [-0.25, -0.2) is 4.79 Å². The highest BCUT2D eigenvalue weighted by atomic mass is 16.7. The standard InChI is InChI=1S/C12H13N2O2/c15-12-13-7-6-11(8-13)14(12)16-9-10-4-2-1-3-5-10/h1-5,7,11H,6,8-9H2/t11-/m1/s1. The molecular weight excluding hydrogens is 204 g/mol. The predicted octanol–water partition coefficient (Wildman–Crippen LogP) is 1.79. The number of hydrogen-bond donors (Lipinski definition) is 0. The van der Waals surface area contributed by atoms with Crippen molar-refractivity contribution >= 4 is 6.03 Å². The van der Waals surface area contributed by atoms with Crippen LogP contribution in [0.3, 0.4) is 0 Å². The second-order valence-corrected chi connectivity index (χ2v) is 4.09. The number of nitrogens with zero attached hydrogens (tertiary/aromatic N) is 2. The van der Waals surface area contributed by atoms with E-state index in [1.54, 1.807) is 4.90 Å². The summed E-state index contributed by atoms with van der Waals surface area (Å²) in [4.78, 5) is 19.0. The number of hydrogen-bond acceptors (Lipinski definition) is 2. The van der Waals surface area contributed by atoms with Gasteiger partial charge in [0.15, 0.2) is 0 Å². The summed E-state index contributed by atoms with van der Waals surface area (Å²) in [6.45, 7) is 3.17. The van der Waals surface area contributed by atoms with Crippen molar-refractivity contribution in [1.29, 1.82) is 0 Å². The highest BCUT2D eigenvalue weighted by Gasteiger charge is 2.43. The summed E-state index contributed by atoms with van der Waals surface area (Å²) >= 11 is 0. The molecule has 0 aromatic heterocycles. The summed E-state index contributed by atoms with van der Waals surface area (Å²) in [5.74, 6) is 0. The lowest BCUT2D eigenvalue weighted by Gasteiger charge is -2.25. The minimum Gasteiger partial charge on any atom is -0.316 e. The van der Waals surface area contributed by atoms with Gasteiger partial charge in [0, 0.05) is 6.54 Å². The van der Waals surface area contributed by atoms with E-state index in [-0.39, 0.29) is 12.1 Å². The number of carbonyl (C=O) groups excluding carboxylic acids is 1. The van der Waals surface area contributed by atoms with Gasteiger partial charge in [-0.1, -0.05) is 30.3 Å². The number of hydroxylamine groups is 2. The molecule has 2 fully saturated rings. The van der Waals surface area contributed by atoms with E-state index < -0.39 is 0 Å². The average molecular weight is 217 g/mol. The molecule has 0 spiro atoms. The lowest BCUT2D eigenvalue weighted by atomic mass is 10.2. The fourth-order valence-electron chi connectivity index (χ4n) is 2.11. The molecule has 2 aliphatic heterocycles. The smallest absolute Gasteiger partial charge is 0.316 e. The van der Waals surface area contributed by atoms with Crippen LogP contribution in [-0.2, 0) is 11.4 Å². The molecule has 0 saturated carbocycles. The Morgan fingerprint density at radius 1 is 1.31 bits per heavy atom. The van der Waals surface area contributed by atoms with Gasteiger partial charge in [0.1, 0.15) is 6.61 Å². The monoisotopic (exact) mass is 217 g/mol. The topological polar surface area (TPSA) is 32.8 Å². The van der Waals surface area contributed by atoms with Crippen molar-refractivity contribution in [3.8, 4) is 0 Å². The second kappa shape index (κ2) is 3.79. The zero-order chi connectivity index (χ0) is 11.0. The second-order valence-electron chi connectivity index (χ2n) is 4.09. The Morgan fingerprint density at radius 3 is 2.81 bits per heavy atom. The number of amides is 2. The first-order valence-corrected chi connectivity index (χ1v) is 5.44. The van der Waals surface area contributed by atoms with Gasteiger partial charge in [0.2, 0.25) is 0 Å². The van der Waals surface area contributed by atoms with E-state index in [0.717, 1.165) is 18.5 Å². The van der Waals surface area contributed by atoms with Crippen LogP contribution in [0.15, 0.2) is 30.3 Å². The molecule has 3 rings (SSSR count). The van der Waals surface area contributed by atoms with Crippen molar-refractivity contribution in [1.82, 2.24) is 9.96 Å². The quantitative estimate of drug-likeness (QED) is 0.773. The molecule has 2 saturated heterocycles. The lowest BCUT2D eigenvalue weighted by Crippen LogP contribution is -2.38. The number of carbonyl (C=O) groups is 1. The summed E-state index contributed by atoms with van der Waals surface area (Å²) < 4.78 is 0. The van der Waals surface area contributed by atoms with Gasteiger partial charge in [-0.15, -0.1) is 0 Å². The maximum absolute atomic E-state index is 11.7. The molecule has 16 heavy (non-hydrogen) atoms. The highest BCUT2D eigenvalue weighted by molar-refractivity contribution is 5.78. The maximum Gasteiger partial charge on any atom is 0.344 e. The first kappa shape index (κ1) is 9.66. The molecular formula is C12H13N2O2. The van der Waals surface area contributed by atoms with E-state index in [1.165, 1.54) is 5.06 Å². The van der Waals surface area contributed by atoms with Crippen molar-refractivity contribution in [3.63, 3.8) is 0 Å². The van der Waals surface area contributed by atoms with Gasteiger partial charge < -0.3 is 4.90 Å². The van der Waals surface area contributed by atoms with Gasteiger partial charge in [-0.3, -0.25) is 4.84 Å². The van der Waals surface area contributed by atoms with Crippen LogP contribution in [0.1, 0.15) is 12.0 Å². The summed E-state index contributed by atoms with van der Waals surface area (Å²) in [6.07, 6.45) is 0.903.